The Labute approximate surface area is 128 Å². The predicted octanol–water partition coefficient (Wildman–Crippen LogP) is 3.99. The lowest BCUT2D eigenvalue weighted by Crippen LogP contribution is -2.55. The van der Waals surface area contributed by atoms with Gasteiger partial charge in [-0.15, -0.1) is 0 Å². The highest BCUT2D eigenvalue weighted by Gasteiger charge is 2.44. The Kier molecular flexibility index (Phi) is 5.39. The molecule has 0 spiro atoms. The Bertz CT molecular complexity index is 450. The average Bonchev–Trinajstić information content (AvgIpc) is 2.47. The average molecular weight is 292 g/mol. The summed E-state index contributed by atoms with van der Waals surface area (Å²) >= 11 is 0. The van der Waals surface area contributed by atoms with Crippen LogP contribution in [-0.2, 0) is 0 Å². The van der Waals surface area contributed by atoms with Crippen molar-refractivity contribution in [2.24, 2.45) is 5.92 Å². The van der Waals surface area contributed by atoms with E-state index in [1.165, 1.54) is 12.8 Å². The molecule has 1 aromatic carbocycles. The minimum absolute atomic E-state index is 0.00468. The van der Waals surface area contributed by atoms with Gasteiger partial charge in [0.1, 0.15) is 5.82 Å². The van der Waals surface area contributed by atoms with Gasteiger partial charge in [-0.25, -0.2) is 4.39 Å². The minimum Gasteiger partial charge on any atom is -0.309 e. The number of nitrogens with one attached hydrogen (secondary N) is 1. The van der Waals surface area contributed by atoms with Gasteiger partial charge in [0.2, 0.25) is 0 Å². The third-order valence-corrected chi connectivity index (χ3v) is 5.19. The summed E-state index contributed by atoms with van der Waals surface area (Å²) < 4.78 is 14.4. The highest BCUT2D eigenvalue weighted by atomic mass is 19.1. The van der Waals surface area contributed by atoms with Gasteiger partial charge < -0.3 is 10.2 Å². The van der Waals surface area contributed by atoms with Crippen molar-refractivity contribution in [2.45, 2.75) is 51.1 Å². The first-order chi connectivity index (χ1) is 10.0. The Morgan fingerprint density at radius 2 is 1.90 bits per heavy atom. The molecule has 1 N–H and O–H groups in total. The lowest BCUT2D eigenvalue weighted by Gasteiger charge is -2.50. The Morgan fingerprint density at radius 3 is 2.43 bits per heavy atom. The molecule has 0 heterocycles. The third-order valence-electron chi connectivity index (χ3n) is 5.19. The summed E-state index contributed by atoms with van der Waals surface area (Å²) in [7, 11) is 4.28. The van der Waals surface area contributed by atoms with Crippen molar-refractivity contribution >= 4 is 0 Å². The van der Waals surface area contributed by atoms with Crippen molar-refractivity contribution in [2.75, 3.05) is 20.6 Å². The first kappa shape index (κ1) is 16.4. The lowest BCUT2D eigenvalue weighted by atomic mass is 9.70. The molecule has 118 valence electrons. The van der Waals surface area contributed by atoms with Gasteiger partial charge in [0.25, 0.3) is 0 Å². The lowest BCUT2D eigenvalue weighted by molar-refractivity contribution is 0.0422. The monoisotopic (exact) mass is 292 g/mol. The first-order valence-corrected chi connectivity index (χ1v) is 8.16. The van der Waals surface area contributed by atoms with E-state index in [4.69, 9.17) is 0 Å². The van der Waals surface area contributed by atoms with Crippen LogP contribution in [0, 0.1) is 11.7 Å². The molecule has 1 saturated carbocycles. The maximum absolute atomic E-state index is 14.4. The molecule has 0 radical (unpaired) electrons. The van der Waals surface area contributed by atoms with Crippen LogP contribution in [0.4, 0.5) is 4.39 Å². The summed E-state index contributed by atoms with van der Waals surface area (Å²) in [6, 6.07) is 7.27. The Hall–Kier alpha value is -0.930. The number of halogens is 1. The zero-order valence-electron chi connectivity index (χ0n) is 13.8. The van der Waals surface area contributed by atoms with E-state index in [1.807, 2.05) is 12.1 Å². The minimum atomic E-state index is -0.0942. The van der Waals surface area contributed by atoms with Gasteiger partial charge in [-0.05, 0) is 58.3 Å². The molecule has 0 bridgehead atoms. The molecular weight excluding hydrogens is 263 g/mol. The van der Waals surface area contributed by atoms with Crippen molar-refractivity contribution in [3.8, 4) is 0 Å². The normalized spacial score (nSPS) is 27.8. The zero-order chi connectivity index (χ0) is 15.5. The number of rotatable bonds is 5. The van der Waals surface area contributed by atoms with Crippen LogP contribution in [0.1, 0.15) is 51.1 Å². The van der Waals surface area contributed by atoms with Gasteiger partial charge in [0.05, 0.1) is 6.04 Å². The van der Waals surface area contributed by atoms with Crippen LogP contribution in [-0.4, -0.2) is 31.1 Å². The van der Waals surface area contributed by atoms with Crippen LogP contribution in [0.25, 0.3) is 0 Å². The molecule has 0 amide bonds. The van der Waals surface area contributed by atoms with Gasteiger partial charge >= 0.3 is 0 Å². The van der Waals surface area contributed by atoms with Crippen LogP contribution in [0.5, 0.6) is 0 Å². The summed E-state index contributed by atoms with van der Waals surface area (Å²) in [5, 5.41) is 3.56. The van der Waals surface area contributed by atoms with E-state index in [0.717, 1.165) is 30.9 Å². The second-order valence-corrected chi connectivity index (χ2v) is 6.69. The van der Waals surface area contributed by atoms with Crippen LogP contribution in [0.2, 0.25) is 0 Å². The molecule has 1 aromatic rings. The standard InChI is InChI=1S/C18H29FN2/c1-5-20-17(15-8-6-7-9-16(15)19)18(21(3)4)12-10-14(2)11-13-18/h6-9,14,17,20H,5,10-13H2,1-4H3. The summed E-state index contributed by atoms with van der Waals surface area (Å²) in [5.74, 6) is 0.685. The Balaban J connectivity index is 2.40. The molecule has 0 saturated heterocycles. The maximum Gasteiger partial charge on any atom is 0.128 e. The predicted molar refractivity (Wildman–Crippen MR) is 86.9 cm³/mol. The van der Waals surface area contributed by atoms with E-state index in [-0.39, 0.29) is 17.4 Å². The fraction of sp³-hybridized carbons (Fsp3) is 0.667. The van der Waals surface area contributed by atoms with E-state index in [2.05, 4.69) is 38.2 Å². The van der Waals surface area contributed by atoms with Gasteiger partial charge in [0.15, 0.2) is 0 Å². The smallest absolute Gasteiger partial charge is 0.128 e. The molecule has 21 heavy (non-hydrogen) atoms. The van der Waals surface area contributed by atoms with E-state index >= 15 is 0 Å². The van der Waals surface area contributed by atoms with E-state index in [1.54, 1.807) is 12.1 Å². The van der Waals surface area contributed by atoms with Crippen molar-refractivity contribution in [3.63, 3.8) is 0 Å². The third kappa shape index (κ3) is 3.29. The van der Waals surface area contributed by atoms with Crippen LogP contribution >= 0.6 is 0 Å². The molecule has 1 unspecified atom stereocenters. The van der Waals surface area contributed by atoms with Crippen molar-refractivity contribution < 1.29 is 4.39 Å². The van der Waals surface area contributed by atoms with E-state index in [0.29, 0.717) is 0 Å². The second kappa shape index (κ2) is 6.89. The van der Waals surface area contributed by atoms with E-state index < -0.39 is 0 Å². The van der Waals surface area contributed by atoms with Crippen molar-refractivity contribution in [1.29, 1.82) is 0 Å². The number of nitrogens with zero attached hydrogens (tertiary/aromatic N) is 1. The molecular formula is C18H29FN2. The first-order valence-electron chi connectivity index (χ1n) is 8.16. The fourth-order valence-electron chi connectivity index (χ4n) is 3.76. The van der Waals surface area contributed by atoms with E-state index in [9.17, 15) is 4.39 Å². The van der Waals surface area contributed by atoms with Gasteiger partial charge in [-0.3, -0.25) is 0 Å². The fourth-order valence-corrected chi connectivity index (χ4v) is 3.76. The molecule has 1 aliphatic rings. The van der Waals surface area contributed by atoms with Gasteiger partial charge in [-0.1, -0.05) is 32.0 Å². The molecule has 2 nitrogen and oxygen atoms in total. The summed E-state index contributed by atoms with van der Waals surface area (Å²) in [4.78, 5) is 2.32. The maximum atomic E-state index is 14.4. The van der Waals surface area contributed by atoms with Crippen molar-refractivity contribution in [1.82, 2.24) is 10.2 Å². The molecule has 2 rings (SSSR count). The molecule has 3 heteroatoms. The number of likely N-dealkylation sites (N-methyl/N-ethyl adjacent to an activating group) is 2. The van der Waals surface area contributed by atoms with Gasteiger partial charge in [0, 0.05) is 11.1 Å². The SMILES string of the molecule is CCNC(c1ccccc1F)C1(N(C)C)CCC(C)CC1. The van der Waals surface area contributed by atoms with Crippen LogP contribution in [0.15, 0.2) is 24.3 Å². The quantitative estimate of drug-likeness (QED) is 0.883. The topological polar surface area (TPSA) is 15.3 Å². The molecule has 1 aliphatic carbocycles. The van der Waals surface area contributed by atoms with Gasteiger partial charge in [-0.2, -0.15) is 0 Å². The molecule has 1 atom stereocenters. The largest absolute Gasteiger partial charge is 0.309 e. The van der Waals surface area contributed by atoms with Crippen LogP contribution in [0.3, 0.4) is 0 Å². The highest BCUT2D eigenvalue weighted by Crippen LogP contribution is 2.44. The second-order valence-electron chi connectivity index (χ2n) is 6.69. The summed E-state index contributed by atoms with van der Waals surface area (Å²) in [6.45, 7) is 5.28. The molecule has 0 aromatic heterocycles. The highest BCUT2D eigenvalue weighted by molar-refractivity contribution is 5.26. The van der Waals surface area contributed by atoms with Crippen molar-refractivity contribution in [3.05, 3.63) is 35.6 Å². The Morgan fingerprint density at radius 1 is 1.29 bits per heavy atom. The summed E-state index contributed by atoms with van der Waals surface area (Å²) in [5.41, 5.74) is 0.813. The molecule has 1 fully saturated rings. The zero-order valence-corrected chi connectivity index (χ0v) is 13.8. The molecule has 0 aliphatic heterocycles. The number of hydrogen-bond acceptors (Lipinski definition) is 2. The van der Waals surface area contributed by atoms with Crippen LogP contribution < -0.4 is 5.32 Å². The summed E-state index contributed by atoms with van der Waals surface area (Å²) in [6.07, 6.45) is 4.67. The number of hydrogen-bond donors (Lipinski definition) is 1. The number of benzene rings is 1.